The molecule has 0 N–H and O–H groups in total. The first-order valence-corrected chi connectivity index (χ1v) is 8.26. The van der Waals surface area contributed by atoms with Crippen molar-refractivity contribution in [2.75, 3.05) is 20.2 Å². The van der Waals surface area contributed by atoms with E-state index in [1.807, 2.05) is 0 Å². The van der Waals surface area contributed by atoms with Gasteiger partial charge >= 0.3 is 5.97 Å². The van der Waals surface area contributed by atoms with Gasteiger partial charge in [-0.3, -0.25) is 19.4 Å². The van der Waals surface area contributed by atoms with Crippen LogP contribution in [0.5, 0.6) is 0 Å². The first-order valence-electron chi connectivity index (χ1n) is 7.47. The van der Waals surface area contributed by atoms with E-state index in [9.17, 15) is 14.4 Å². The zero-order valence-electron chi connectivity index (χ0n) is 13.0. The van der Waals surface area contributed by atoms with Crippen molar-refractivity contribution < 1.29 is 19.1 Å². The van der Waals surface area contributed by atoms with E-state index in [0.29, 0.717) is 25.1 Å². The first-order chi connectivity index (χ1) is 11.0. The Balaban J connectivity index is 1.96. The molecular formula is C16H19BrN2O4. The number of methoxy groups -OCH3 is 1. The van der Waals surface area contributed by atoms with Crippen LogP contribution in [0.4, 0.5) is 0 Å². The number of amides is 2. The molecule has 2 rings (SSSR count). The zero-order valence-corrected chi connectivity index (χ0v) is 14.5. The summed E-state index contributed by atoms with van der Waals surface area (Å²) in [5.41, 5.74) is 0.544. The topological polar surface area (TPSA) is 66.9 Å². The highest BCUT2D eigenvalue weighted by Crippen LogP contribution is 2.18. The second kappa shape index (κ2) is 8.10. The van der Waals surface area contributed by atoms with Crippen LogP contribution >= 0.6 is 15.9 Å². The van der Waals surface area contributed by atoms with Gasteiger partial charge in [-0.15, -0.1) is 0 Å². The molecule has 1 aromatic rings. The first kappa shape index (κ1) is 17.5. The van der Waals surface area contributed by atoms with Crippen LogP contribution in [0.3, 0.4) is 0 Å². The summed E-state index contributed by atoms with van der Waals surface area (Å²) in [4.78, 5) is 35.9. The SMILES string of the molecule is COC(=O)CCCC(=O)N1CCCN1C(=O)c1ccc(Br)cc1. The van der Waals surface area contributed by atoms with Crippen molar-refractivity contribution in [2.24, 2.45) is 0 Å². The highest BCUT2D eigenvalue weighted by atomic mass is 79.9. The van der Waals surface area contributed by atoms with Crippen molar-refractivity contribution >= 4 is 33.7 Å². The van der Waals surface area contributed by atoms with E-state index < -0.39 is 0 Å². The van der Waals surface area contributed by atoms with Gasteiger partial charge in [0.15, 0.2) is 0 Å². The van der Waals surface area contributed by atoms with Crippen LogP contribution in [-0.2, 0) is 14.3 Å². The highest BCUT2D eigenvalue weighted by Gasteiger charge is 2.30. The molecule has 1 aliphatic heterocycles. The molecular weight excluding hydrogens is 364 g/mol. The van der Waals surface area contributed by atoms with Crippen LogP contribution in [0.25, 0.3) is 0 Å². The van der Waals surface area contributed by atoms with Gasteiger partial charge in [-0.2, -0.15) is 0 Å². The molecule has 1 heterocycles. The van der Waals surface area contributed by atoms with E-state index in [-0.39, 0.29) is 30.6 Å². The molecule has 0 unspecified atom stereocenters. The number of esters is 1. The molecule has 124 valence electrons. The van der Waals surface area contributed by atoms with Crippen LogP contribution in [0.2, 0.25) is 0 Å². The molecule has 23 heavy (non-hydrogen) atoms. The lowest BCUT2D eigenvalue weighted by Crippen LogP contribution is -2.44. The number of hydrogen-bond donors (Lipinski definition) is 0. The molecule has 1 fully saturated rings. The summed E-state index contributed by atoms with van der Waals surface area (Å²) >= 11 is 3.33. The monoisotopic (exact) mass is 382 g/mol. The minimum absolute atomic E-state index is 0.142. The molecule has 1 saturated heterocycles. The molecule has 0 radical (unpaired) electrons. The van der Waals surface area contributed by atoms with Crippen molar-refractivity contribution in [1.29, 1.82) is 0 Å². The number of hydrazine groups is 1. The van der Waals surface area contributed by atoms with Gasteiger partial charge in [-0.1, -0.05) is 15.9 Å². The summed E-state index contributed by atoms with van der Waals surface area (Å²) < 4.78 is 5.45. The Morgan fingerprint density at radius 1 is 1.09 bits per heavy atom. The number of carbonyl (C=O) groups is 3. The third-order valence-corrected chi connectivity index (χ3v) is 4.17. The van der Waals surface area contributed by atoms with E-state index in [2.05, 4.69) is 20.7 Å². The summed E-state index contributed by atoms with van der Waals surface area (Å²) in [6.45, 7) is 1.05. The number of ether oxygens (including phenoxy) is 1. The van der Waals surface area contributed by atoms with E-state index in [0.717, 1.165) is 10.9 Å². The van der Waals surface area contributed by atoms with Crippen LogP contribution in [0.15, 0.2) is 28.7 Å². The van der Waals surface area contributed by atoms with Crippen LogP contribution in [0, 0.1) is 0 Å². The normalized spacial score (nSPS) is 14.0. The number of rotatable bonds is 5. The Morgan fingerprint density at radius 3 is 2.39 bits per heavy atom. The minimum atomic E-state index is -0.331. The molecule has 6 nitrogen and oxygen atoms in total. The Hall–Kier alpha value is -1.89. The Bertz CT molecular complexity index is 588. The average molecular weight is 383 g/mol. The molecule has 0 aromatic heterocycles. The molecule has 0 atom stereocenters. The van der Waals surface area contributed by atoms with Gasteiger partial charge in [-0.25, -0.2) is 5.01 Å². The van der Waals surface area contributed by atoms with Gasteiger partial charge < -0.3 is 4.74 Å². The minimum Gasteiger partial charge on any atom is -0.469 e. The van der Waals surface area contributed by atoms with Crippen molar-refractivity contribution in [1.82, 2.24) is 10.0 Å². The molecule has 0 bridgehead atoms. The summed E-state index contributed by atoms with van der Waals surface area (Å²) in [6, 6.07) is 7.05. The molecule has 0 aliphatic carbocycles. The van der Waals surface area contributed by atoms with Gasteiger partial charge in [0.1, 0.15) is 0 Å². The third-order valence-electron chi connectivity index (χ3n) is 3.64. The Kier molecular flexibility index (Phi) is 6.15. The highest BCUT2D eigenvalue weighted by molar-refractivity contribution is 9.10. The molecule has 1 aromatic carbocycles. The largest absolute Gasteiger partial charge is 0.469 e. The maximum absolute atomic E-state index is 12.5. The second-order valence-corrected chi connectivity index (χ2v) is 6.15. The fraction of sp³-hybridized carbons (Fsp3) is 0.438. The van der Waals surface area contributed by atoms with Crippen LogP contribution in [-0.4, -0.2) is 48.0 Å². The Labute approximate surface area is 143 Å². The van der Waals surface area contributed by atoms with Crippen molar-refractivity contribution in [3.63, 3.8) is 0 Å². The Morgan fingerprint density at radius 2 is 1.74 bits per heavy atom. The van der Waals surface area contributed by atoms with E-state index in [1.54, 1.807) is 24.3 Å². The third kappa shape index (κ3) is 4.54. The van der Waals surface area contributed by atoms with Gasteiger partial charge in [0.25, 0.3) is 5.91 Å². The van der Waals surface area contributed by atoms with Crippen LogP contribution in [0.1, 0.15) is 36.0 Å². The fourth-order valence-corrected chi connectivity index (χ4v) is 2.70. The fourth-order valence-electron chi connectivity index (χ4n) is 2.44. The molecule has 0 saturated carbocycles. The lowest BCUT2D eigenvalue weighted by Gasteiger charge is -2.28. The number of halogens is 1. The van der Waals surface area contributed by atoms with Crippen molar-refractivity contribution in [3.05, 3.63) is 34.3 Å². The molecule has 0 spiro atoms. The number of carbonyl (C=O) groups excluding carboxylic acids is 3. The van der Waals surface area contributed by atoms with Gasteiger partial charge in [0.05, 0.1) is 7.11 Å². The van der Waals surface area contributed by atoms with E-state index in [4.69, 9.17) is 0 Å². The van der Waals surface area contributed by atoms with E-state index >= 15 is 0 Å². The molecule has 7 heteroatoms. The van der Waals surface area contributed by atoms with Crippen molar-refractivity contribution in [2.45, 2.75) is 25.7 Å². The van der Waals surface area contributed by atoms with Gasteiger partial charge in [0, 0.05) is 36.0 Å². The average Bonchev–Trinajstić information content (AvgIpc) is 3.04. The maximum atomic E-state index is 12.5. The summed E-state index contributed by atoms with van der Waals surface area (Å²) in [5, 5.41) is 2.98. The van der Waals surface area contributed by atoms with E-state index in [1.165, 1.54) is 17.1 Å². The summed E-state index contributed by atoms with van der Waals surface area (Å²) in [7, 11) is 1.32. The summed E-state index contributed by atoms with van der Waals surface area (Å²) in [5.74, 6) is -0.657. The lowest BCUT2D eigenvalue weighted by molar-refractivity contribution is -0.142. The predicted octanol–water partition coefficient (Wildman–Crippen LogP) is 2.38. The molecule has 1 aliphatic rings. The number of benzene rings is 1. The zero-order chi connectivity index (χ0) is 16.8. The quantitative estimate of drug-likeness (QED) is 0.733. The van der Waals surface area contributed by atoms with Gasteiger partial charge in [-0.05, 0) is 37.1 Å². The smallest absolute Gasteiger partial charge is 0.305 e. The van der Waals surface area contributed by atoms with Gasteiger partial charge in [0.2, 0.25) is 5.91 Å². The lowest BCUT2D eigenvalue weighted by atomic mass is 10.2. The molecule has 2 amide bonds. The second-order valence-electron chi connectivity index (χ2n) is 5.24. The number of hydrogen-bond acceptors (Lipinski definition) is 4. The summed E-state index contributed by atoms with van der Waals surface area (Å²) in [6.07, 6.45) is 1.60. The predicted molar refractivity (Wildman–Crippen MR) is 87.4 cm³/mol. The maximum Gasteiger partial charge on any atom is 0.305 e. The standard InChI is InChI=1S/C16H19BrN2O4/c1-23-15(21)5-2-4-14(20)18-10-3-11-19(18)16(22)12-6-8-13(17)9-7-12/h6-9H,2-5,10-11H2,1H3. The van der Waals surface area contributed by atoms with Crippen LogP contribution < -0.4 is 0 Å². The number of nitrogens with zero attached hydrogens (tertiary/aromatic N) is 2. The van der Waals surface area contributed by atoms with Crippen molar-refractivity contribution in [3.8, 4) is 0 Å².